The zero-order chi connectivity index (χ0) is 11.5. The van der Waals surface area contributed by atoms with Crippen molar-refractivity contribution in [2.45, 2.75) is 25.8 Å². The maximum absolute atomic E-state index is 13.0. The minimum Gasteiger partial charge on any atom is -0.349 e. The molecule has 1 amide bonds. The van der Waals surface area contributed by atoms with Crippen molar-refractivity contribution in [2.24, 2.45) is 0 Å². The van der Waals surface area contributed by atoms with Crippen molar-refractivity contribution >= 4 is 5.91 Å². The number of rotatable bonds is 2. The molecule has 0 radical (unpaired) electrons. The van der Waals surface area contributed by atoms with E-state index in [-0.39, 0.29) is 17.8 Å². The molecule has 0 aliphatic heterocycles. The summed E-state index contributed by atoms with van der Waals surface area (Å²) >= 11 is 0. The van der Waals surface area contributed by atoms with E-state index >= 15 is 0 Å². The van der Waals surface area contributed by atoms with E-state index in [1.165, 1.54) is 12.1 Å². The van der Waals surface area contributed by atoms with Crippen LogP contribution in [0.5, 0.6) is 0 Å². The Bertz CT molecular complexity index is 432. The quantitative estimate of drug-likeness (QED) is 0.761. The van der Waals surface area contributed by atoms with Gasteiger partial charge in [0.05, 0.1) is 0 Å². The molecule has 0 saturated carbocycles. The van der Waals surface area contributed by atoms with Gasteiger partial charge >= 0.3 is 0 Å². The molecule has 0 aromatic heterocycles. The van der Waals surface area contributed by atoms with Crippen LogP contribution in [-0.4, -0.2) is 11.9 Å². The lowest BCUT2D eigenvalue weighted by atomic mass is 10.1. The molecule has 1 N–H and O–H groups in total. The Kier molecular flexibility index (Phi) is 3.04. The Labute approximate surface area is 94.2 Å². The average Bonchev–Trinajstić information content (AvgIpc) is 2.74. The highest BCUT2D eigenvalue weighted by molar-refractivity contribution is 5.94. The number of benzene rings is 1. The third-order valence-corrected chi connectivity index (χ3v) is 2.76. The standard InChI is InChI=1S/C13H14FNO/c1-9-8-10(6-7-12(9)14)13(16)15-11-4-2-3-5-11/h2-3,6-8,11H,4-5H2,1H3,(H,15,16). The van der Waals surface area contributed by atoms with Crippen LogP contribution in [0.15, 0.2) is 30.4 Å². The molecular weight excluding hydrogens is 205 g/mol. The average molecular weight is 219 g/mol. The van der Waals surface area contributed by atoms with Crippen LogP contribution in [0.2, 0.25) is 0 Å². The molecule has 16 heavy (non-hydrogen) atoms. The topological polar surface area (TPSA) is 29.1 Å². The smallest absolute Gasteiger partial charge is 0.251 e. The largest absolute Gasteiger partial charge is 0.349 e. The Morgan fingerprint density at radius 1 is 1.38 bits per heavy atom. The van der Waals surface area contributed by atoms with Gasteiger partial charge < -0.3 is 5.32 Å². The van der Waals surface area contributed by atoms with Gasteiger partial charge in [-0.05, 0) is 43.5 Å². The summed E-state index contributed by atoms with van der Waals surface area (Å²) in [6.07, 6.45) is 5.87. The van der Waals surface area contributed by atoms with Gasteiger partial charge in [0, 0.05) is 11.6 Å². The number of carbonyl (C=O) groups is 1. The second kappa shape index (κ2) is 4.47. The van der Waals surface area contributed by atoms with Crippen LogP contribution in [0.3, 0.4) is 0 Å². The van der Waals surface area contributed by atoms with Crippen LogP contribution in [0.1, 0.15) is 28.8 Å². The number of amides is 1. The van der Waals surface area contributed by atoms with Gasteiger partial charge in [-0.15, -0.1) is 0 Å². The van der Waals surface area contributed by atoms with Crippen molar-refractivity contribution < 1.29 is 9.18 Å². The molecule has 0 heterocycles. The molecule has 0 unspecified atom stereocenters. The van der Waals surface area contributed by atoms with E-state index in [1.54, 1.807) is 13.0 Å². The fourth-order valence-electron chi connectivity index (χ4n) is 1.79. The summed E-state index contributed by atoms with van der Waals surface area (Å²) in [6, 6.07) is 4.61. The van der Waals surface area contributed by atoms with E-state index in [2.05, 4.69) is 17.5 Å². The lowest BCUT2D eigenvalue weighted by Gasteiger charge is -2.12. The summed E-state index contributed by atoms with van der Waals surface area (Å²) < 4.78 is 13.0. The molecule has 3 heteroatoms. The van der Waals surface area contributed by atoms with Gasteiger partial charge in [0.25, 0.3) is 5.91 Å². The Hall–Kier alpha value is -1.64. The first-order valence-electron chi connectivity index (χ1n) is 5.39. The van der Waals surface area contributed by atoms with Gasteiger partial charge in [-0.3, -0.25) is 4.79 Å². The first-order chi connectivity index (χ1) is 7.66. The van der Waals surface area contributed by atoms with Gasteiger partial charge in [0.1, 0.15) is 5.82 Å². The van der Waals surface area contributed by atoms with Gasteiger partial charge in [0.15, 0.2) is 0 Å². The Morgan fingerprint density at radius 2 is 2.06 bits per heavy atom. The molecule has 1 aromatic rings. The summed E-state index contributed by atoms with van der Waals surface area (Å²) in [6.45, 7) is 1.66. The minimum absolute atomic E-state index is 0.128. The molecular formula is C13H14FNO. The second-order valence-corrected chi connectivity index (χ2v) is 4.08. The van der Waals surface area contributed by atoms with E-state index in [4.69, 9.17) is 0 Å². The maximum Gasteiger partial charge on any atom is 0.251 e. The van der Waals surface area contributed by atoms with Crippen molar-refractivity contribution in [1.29, 1.82) is 0 Å². The lowest BCUT2D eigenvalue weighted by molar-refractivity contribution is 0.0939. The summed E-state index contributed by atoms with van der Waals surface area (Å²) in [4.78, 5) is 11.8. The van der Waals surface area contributed by atoms with Crippen molar-refractivity contribution in [3.05, 3.63) is 47.3 Å². The molecule has 2 nitrogen and oxygen atoms in total. The molecule has 1 aromatic carbocycles. The summed E-state index contributed by atoms with van der Waals surface area (Å²) in [5.74, 6) is -0.407. The summed E-state index contributed by atoms with van der Waals surface area (Å²) in [7, 11) is 0. The summed E-state index contributed by atoms with van der Waals surface area (Å²) in [5.41, 5.74) is 1.02. The SMILES string of the molecule is Cc1cc(C(=O)NC2CC=CC2)ccc1F. The van der Waals surface area contributed by atoms with Crippen LogP contribution < -0.4 is 5.32 Å². The van der Waals surface area contributed by atoms with Crippen molar-refractivity contribution in [3.8, 4) is 0 Å². The first kappa shape index (κ1) is 10.9. The molecule has 1 aliphatic rings. The normalized spacial score (nSPS) is 15.4. The zero-order valence-electron chi connectivity index (χ0n) is 9.16. The summed E-state index contributed by atoms with van der Waals surface area (Å²) in [5, 5.41) is 2.92. The molecule has 0 fully saturated rings. The second-order valence-electron chi connectivity index (χ2n) is 4.08. The van der Waals surface area contributed by atoms with E-state index in [1.807, 2.05) is 0 Å². The Balaban J connectivity index is 2.05. The molecule has 0 atom stereocenters. The number of aryl methyl sites for hydroxylation is 1. The number of hydrogen-bond donors (Lipinski definition) is 1. The third kappa shape index (κ3) is 2.30. The molecule has 84 valence electrons. The molecule has 0 spiro atoms. The monoisotopic (exact) mass is 219 g/mol. The van der Waals surface area contributed by atoms with Crippen LogP contribution in [0.25, 0.3) is 0 Å². The van der Waals surface area contributed by atoms with E-state index in [0.717, 1.165) is 12.8 Å². The van der Waals surface area contributed by atoms with Crippen LogP contribution in [0.4, 0.5) is 4.39 Å². The number of carbonyl (C=O) groups excluding carboxylic acids is 1. The Morgan fingerprint density at radius 3 is 2.69 bits per heavy atom. The predicted octanol–water partition coefficient (Wildman–Crippen LogP) is 2.58. The molecule has 2 rings (SSSR count). The van der Waals surface area contributed by atoms with Crippen LogP contribution in [-0.2, 0) is 0 Å². The number of hydrogen-bond acceptors (Lipinski definition) is 1. The molecule has 1 aliphatic carbocycles. The van der Waals surface area contributed by atoms with Gasteiger partial charge in [-0.25, -0.2) is 4.39 Å². The van der Waals surface area contributed by atoms with Crippen molar-refractivity contribution in [3.63, 3.8) is 0 Å². The van der Waals surface area contributed by atoms with Crippen molar-refractivity contribution in [1.82, 2.24) is 5.32 Å². The van der Waals surface area contributed by atoms with Crippen LogP contribution >= 0.6 is 0 Å². The highest BCUT2D eigenvalue weighted by Gasteiger charge is 2.14. The zero-order valence-corrected chi connectivity index (χ0v) is 9.16. The fourth-order valence-corrected chi connectivity index (χ4v) is 1.79. The van der Waals surface area contributed by atoms with Gasteiger partial charge in [-0.2, -0.15) is 0 Å². The third-order valence-electron chi connectivity index (χ3n) is 2.76. The predicted molar refractivity (Wildman–Crippen MR) is 60.8 cm³/mol. The van der Waals surface area contributed by atoms with Crippen LogP contribution in [0, 0.1) is 12.7 Å². The molecule has 0 bridgehead atoms. The number of nitrogens with one attached hydrogen (secondary N) is 1. The minimum atomic E-state index is -0.279. The van der Waals surface area contributed by atoms with Gasteiger partial charge in [-0.1, -0.05) is 12.2 Å². The first-order valence-corrected chi connectivity index (χ1v) is 5.39. The highest BCUT2D eigenvalue weighted by Crippen LogP contribution is 2.12. The van der Waals surface area contributed by atoms with Crippen molar-refractivity contribution in [2.75, 3.05) is 0 Å². The van der Waals surface area contributed by atoms with E-state index in [0.29, 0.717) is 11.1 Å². The van der Waals surface area contributed by atoms with Gasteiger partial charge in [0.2, 0.25) is 0 Å². The fraction of sp³-hybridized carbons (Fsp3) is 0.308. The maximum atomic E-state index is 13.0. The molecule has 0 saturated heterocycles. The van der Waals surface area contributed by atoms with E-state index < -0.39 is 0 Å². The number of halogens is 1. The lowest BCUT2D eigenvalue weighted by Crippen LogP contribution is -2.32. The highest BCUT2D eigenvalue weighted by atomic mass is 19.1. The van der Waals surface area contributed by atoms with E-state index in [9.17, 15) is 9.18 Å².